The average Bonchev–Trinajstić information content (AvgIpc) is 2.65. The summed E-state index contributed by atoms with van der Waals surface area (Å²) in [6.45, 7) is 2.61. The van der Waals surface area contributed by atoms with E-state index < -0.39 is 0 Å². The maximum Gasteiger partial charge on any atom is 0.321 e. The lowest BCUT2D eigenvalue weighted by molar-refractivity contribution is -0.140. The van der Waals surface area contributed by atoms with E-state index in [9.17, 15) is 4.79 Å². The van der Waals surface area contributed by atoms with Gasteiger partial charge in [0.2, 0.25) is 0 Å². The van der Waals surface area contributed by atoms with Crippen molar-refractivity contribution in [1.82, 2.24) is 4.57 Å². The van der Waals surface area contributed by atoms with E-state index >= 15 is 0 Å². The van der Waals surface area contributed by atoms with E-state index in [-0.39, 0.29) is 10.8 Å². The number of fused-ring (bicyclic) bond motifs is 1. The van der Waals surface area contributed by atoms with E-state index in [1.54, 1.807) is 0 Å². The second-order valence-corrected chi connectivity index (χ2v) is 5.05. The summed E-state index contributed by atoms with van der Waals surface area (Å²) in [5, 5.41) is 1.19. The third-order valence-corrected chi connectivity index (χ3v) is 3.48. The van der Waals surface area contributed by atoms with E-state index in [1.165, 1.54) is 12.5 Å². The van der Waals surface area contributed by atoms with Gasteiger partial charge in [-0.1, -0.05) is 34.1 Å². The second kappa shape index (κ2) is 4.92. The Bertz CT molecular complexity index is 547. The van der Waals surface area contributed by atoms with Gasteiger partial charge in [-0.2, -0.15) is 0 Å². The Balaban J connectivity index is 2.35. The van der Waals surface area contributed by atoms with Crippen LogP contribution in [0, 0.1) is 6.92 Å². The number of ether oxygens (including phenoxy) is 1. The predicted molar refractivity (Wildman–Crippen MR) is 71.4 cm³/mol. The average molecular weight is 296 g/mol. The van der Waals surface area contributed by atoms with Crippen molar-refractivity contribution in [2.24, 2.45) is 0 Å². The number of benzene rings is 1. The fraction of sp³-hybridized carbons (Fsp3) is 0.308. The number of aryl methyl sites for hydroxylation is 1. The van der Waals surface area contributed by atoms with Crippen molar-refractivity contribution in [3.63, 3.8) is 0 Å². The lowest BCUT2D eigenvalue weighted by atomic mass is 10.2. The quantitative estimate of drug-likeness (QED) is 0.644. The maximum atomic E-state index is 11.4. The molecule has 0 spiro atoms. The highest BCUT2D eigenvalue weighted by atomic mass is 79.9. The van der Waals surface area contributed by atoms with E-state index in [0.717, 1.165) is 11.2 Å². The molecule has 2 rings (SSSR count). The molecule has 0 amide bonds. The Morgan fingerprint density at radius 1 is 1.47 bits per heavy atom. The molecule has 0 N–H and O–H groups in total. The summed E-state index contributed by atoms with van der Waals surface area (Å²) in [5.74, 6) is -0.248. The van der Waals surface area contributed by atoms with Crippen LogP contribution in [0.1, 0.15) is 5.69 Å². The molecule has 0 bridgehead atoms. The number of hydrogen-bond donors (Lipinski definition) is 0. The first-order chi connectivity index (χ1) is 8.13. The Morgan fingerprint density at radius 3 is 2.88 bits per heavy atom. The molecule has 3 nitrogen and oxygen atoms in total. The molecule has 0 radical (unpaired) electrons. The van der Waals surface area contributed by atoms with Gasteiger partial charge in [0.05, 0.1) is 7.11 Å². The Hall–Kier alpha value is -1.29. The third kappa shape index (κ3) is 2.36. The predicted octanol–water partition coefficient (Wildman–Crippen LogP) is 2.89. The van der Waals surface area contributed by atoms with Crippen LogP contribution in [-0.2, 0) is 16.1 Å². The molecule has 0 aliphatic heterocycles. The number of alkyl halides is 1. The van der Waals surface area contributed by atoms with Gasteiger partial charge in [0.1, 0.15) is 4.83 Å². The van der Waals surface area contributed by atoms with Gasteiger partial charge < -0.3 is 9.30 Å². The van der Waals surface area contributed by atoms with Gasteiger partial charge >= 0.3 is 5.97 Å². The zero-order valence-corrected chi connectivity index (χ0v) is 11.4. The van der Waals surface area contributed by atoms with Crippen LogP contribution in [-0.4, -0.2) is 22.5 Å². The standard InChI is InChI=1S/C13H14BrNO2/c1-9-7-10-5-3-4-6-12(10)15(9)8-11(14)13(16)17-2/h3-7,11H,8H2,1-2H3. The van der Waals surface area contributed by atoms with Gasteiger partial charge in [0.15, 0.2) is 0 Å². The van der Waals surface area contributed by atoms with Crippen molar-refractivity contribution in [1.29, 1.82) is 0 Å². The number of carbonyl (C=O) groups is 1. The fourth-order valence-corrected chi connectivity index (χ4v) is 2.43. The number of aromatic nitrogens is 1. The molecule has 90 valence electrons. The summed E-state index contributed by atoms with van der Waals surface area (Å²) in [6.07, 6.45) is 0. The van der Waals surface area contributed by atoms with Crippen LogP contribution in [0.5, 0.6) is 0 Å². The van der Waals surface area contributed by atoms with Crippen LogP contribution in [0.25, 0.3) is 10.9 Å². The topological polar surface area (TPSA) is 31.2 Å². The van der Waals surface area contributed by atoms with Gasteiger partial charge in [-0.15, -0.1) is 0 Å². The SMILES string of the molecule is COC(=O)C(Br)Cn1c(C)cc2ccccc21. The molecule has 0 aliphatic carbocycles. The molecule has 1 unspecified atom stereocenters. The van der Waals surface area contributed by atoms with E-state index in [2.05, 4.69) is 38.7 Å². The largest absolute Gasteiger partial charge is 0.468 e. The van der Waals surface area contributed by atoms with Crippen molar-refractivity contribution in [3.8, 4) is 0 Å². The van der Waals surface area contributed by atoms with Crippen LogP contribution in [0.15, 0.2) is 30.3 Å². The van der Waals surface area contributed by atoms with Crippen LogP contribution < -0.4 is 0 Å². The summed E-state index contributed by atoms with van der Waals surface area (Å²) >= 11 is 3.35. The second-order valence-electron chi connectivity index (χ2n) is 3.95. The molecule has 0 saturated carbocycles. The van der Waals surface area contributed by atoms with Crippen molar-refractivity contribution in [3.05, 3.63) is 36.0 Å². The number of carbonyl (C=O) groups excluding carboxylic acids is 1. The summed E-state index contributed by atoms with van der Waals surface area (Å²) < 4.78 is 6.83. The lowest BCUT2D eigenvalue weighted by Crippen LogP contribution is -2.22. The molecule has 1 atom stereocenters. The monoisotopic (exact) mass is 295 g/mol. The van der Waals surface area contributed by atoms with Crippen LogP contribution in [0.4, 0.5) is 0 Å². The minimum absolute atomic E-state index is 0.248. The Kier molecular flexibility index (Phi) is 3.52. The van der Waals surface area contributed by atoms with Crippen LogP contribution in [0.2, 0.25) is 0 Å². The Morgan fingerprint density at radius 2 is 2.18 bits per heavy atom. The van der Waals surface area contributed by atoms with E-state index in [0.29, 0.717) is 6.54 Å². The highest BCUT2D eigenvalue weighted by Gasteiger charge is 2.17. The van der Waals surface area contributed by atoms with E-state index in [4.69, 9.17) is 4.74 Å². The number of halogens is 1. The normalized spacial score (nSPS) is 12.6. The number of hydrogen-bond acceptors (Lipinski definition) is 2. The van der Waals surface area contributed by atoms with Crippen molar-refractivity contribution >= 4 is 32.8 Å². The summed E-state index contributed by atoms with van der Waals surface area (Å²) in [7, 11) is 1.40. The zero-order valence-electron chi connectivity index (χ0n) is 9.81. The highest BCUT2D eigenvalue weighted by Crippen LogP contribution is 2.21. The molecule has 0 saturated heterocycles. The number of esters is 1. The van der Waals surface area contributed by atoms with Gasteiger partial charge in [-0.25, -0.2) is 0 Å². The van der Waals surface area contributed by atoms with E-state index in [1.807, 2.05) is 19.1 Å². The summed E-state index contributed by atoms with van der Waals surface area (Å²) in [5.41, 5.74) is 2.28. The van der Waals surface area contributed by atoms with Gasteiger partial charge in [-0.05, 0) is 24.4 Å². The molecule has 1 heterocycles. The smallest absolute Gasteiger partial charge is 0.321 e. The molecule has 0 fully saturated rings. The number of rotatable bonds is 3. The first-order valence-electron chi connectivity index (χ1n) is 5.40. The maximum absolute atomic E-state index is 11.4. The van der Waals surface area contributed by atoms with Gasteiger partial charge in [0.25, 0.3) is 0 Å². The number of para-hydroxylation sites is 1. The molecule has 4 heteroatoms. The van der Waals surface area contributed by atoms with Gasteiger partial charge in [-0.3, -0.25) is 4.79 Å². The lowest BCUT2D eigenvalue weighted by Gasteiger charge is -2.12. The Labute approximate surface area is 108 Å². The number of nitrogens with zero attached hydrogens (tertiary/aromatic N) is 1. The molecular weight excluding hydrogens is 282 g/mol. The van der Waals surface area contributed by atoms with Gasteiger partial charge in [0, 0.05) is 17.8 Å². The zero-order chi connectivity index (χ0) is 12.4. The first kappa shape index (κ1) is 12.2. The molecule has 1 aromatic heterocycles. The molecule has 2 aromatic rings. The molecule has 0 aliphatic rings. The fourth-order valence-electron chi connectivity index (χ4n) is 1.95. The molecular formula is C13H14BrNO2. The van der Waals surface area contributed by atoms with Crippen molar-refractivity contribution in [2.75, 3.05) is 7.11 Å². The third-order valence-electron chi connectivity index (χ3n) is 2.82. The van der Waals surface area contributed by atoms with Crippen molar-refractivity contribution < 1.29 is 9.53 Å². The van der Waals surface area contributed by atoms with Crippen molar-refractivity contribution in [2.45, 2.75) is 18.3 Å². The molecule has 1 aromatic carbocycles. The highest BCUT2D eigenvalue weighted by molar-refractivity contribution is 9.10. The molecule has 17 heavy (non-hydrogen) atoms. The minimum Gasteiger partial charge on any atom is -0.468 e. The number of methoxy groups -OCH3 is 1. The van der Waals surface area contributed by atoms with Crippen LogP contribution in [0.3, 0.4) is 0 Å². The van der Waals surface area contributed by atoms with Crippen LogP contribution >= 0.6 is 15.9 Å². The summed E-state index contributed by atoms with van der Waals surface area (Å²) in [6, 6.07) is 10.3. The minimum atomic E-state index is -0.318. The summed E-state index contributed by atoms with van der Waals surface area (Å²) in [4.78, 5) is 11.1. The first-order valence-corrected chi connectivity index (χ1v) is 6.32.